The lowest BCUT2D eigenvalue weighted by Gasteiger charge is -2.10. The quantitative estimate of drug-likeness (QED) is 0.152. The van der Waals surface area contributed by atoms with Gasteiger partial charge in [-0.05, 0) is 129 Å². The number of para-hydroxylation sites is 5. The van der Waals surface area contributed by atoms with E-state index in [9.17, 15) is 0 Å². The van der Waals surface area contributed by atoms with E-state index in [1.54, 1.807) is 0 Å². The molecule has 3 aromatic heterocycles. The highest BCUT2D eigenvalue weighted by Crippen LogP contribution is 2.39. The van der Waals surface area contributed by atoms with Crippen LogP contribution in [0.5, 0.6) is 0 Å². The summed E-state index contributed by atoms with van der Waals surface area (Å²) in [5.74, 6) is 0. The lowest BCUT2D eigenvalue weighted by molar-refractivity contribution is 1.18. The molecule has 0 aliphatic carbocycles. The van der Waals surface area contributed by atoms with Crippen molar-refractivity contribution in [1.82, 2.24) is 13.7 Å². The Kier molecular flexibility index (Phi) is 8.90. The maximum atomic E-state index is 2.40. The van der Waals surface area contributed by atoms with Crippen LogP contribution in [0.3, 0.4) is 0 Å². The van der Waals surface area contributed by atoms with E-state index in [-0.39, 0.29) is 0 Å². The van der Waals surface area contributed by atoms with E-state index in [2.05, 4.69) is 275 Å². The number of hydrogen-bond acceptors (Lipinski definition) is 0. The Hall–Kier alpha value is -9.18. The Morgan fingerprint density at radius 3 is 0.725 bits per heavy atom. The van der Waals surface area contributed by atoms with E-state index < -0.39 is 0 Å². The normalized spacial score (nSPS) is 11.8. The highest BCUT2D eigenvalue weighted by molar-refractivity contribution is 6.12. The standard InChI is InChI=1S/C66H43N3/c1-2-12-52(13-3-1)67-65-40-34-50(48-26-22-44(23-27-48)46-30-36-53(37-31-46)68-61-18-8-4-14-55(61)56-15-5-9-19-62(56)68)42-59(65)60-43-51(35-41-66(60)67)49-28-24-45(25-29-49)47-32-38-54(39-33-47)69-63-20-10-6-16-57(63)58-17-7-11-21-64(58)69/h1-43H. The second kappa shape index (κ2) is 15.7. The zero-order chi connectivity index (χ0) is 45.4. The molecule has 0 atom stereocenters. The van der Waals surface area contributed by atoms with Gasteiger partial charge >= 0.3 is 0 Å². The van der Waals surface area contributed by atoms with Gasteiger partial charge in [0.1, 0.15) is 0 Å². The zero-order valence-electron chi connectivity index (χ0n) is 37.7. The Balaban J connectivity index is 0.779. The molecular weight excluding hydrogens is 835 g/mol. The van der Waals surface area contributed by atoms with Crippen LogP contribution in [0.25, 0.3) is 127 Å². The summed E-state index contributed by atoms with van der Waals surface area (Å²) in [5.41, 5.74) is 20.3. The minimum absolute atomic E-state index is 1.15. The number of benzene rings is 11. The molecule has 3 nitrogen and oxygen atoms in total. The fraction of sp³-hybridized carbons (Fsp3) is 0. The Labute approximate surface area is 399 Å². The monoisotopic (exact) mass is 877 g/mol. The maximum Gasteiger partial charge on any atom is 0.0541 e. The van der Waals surface area contributed by atoms with Crippen molar-refractivity contribution in [3.05, 3.63) is 261 Å². The average molecular weight is 878 g/mol. The third kappa shape index (κ3) is 6.36. The molecule has 69 heavy (non-hydrogen) atoms. The number of nitrogens with zero attached hydrogens (tertiary/aromatic N) is 3. The van der Waals surface area contributed by atoms with Crippen molar-refractivity contribution in [2.45, 2.75) is 0 Å². The Morgan fingerprint density at radius 1 is 0.159 bits per heavy atom. The Morgan fingerprint density at radius 2 is 0.391 bits per heavy atom. The molecule has 0 bridgehead atoms. The van der Waals surface area contributed by atoms with E-state index in [1.807, 2.05) is 0 Å². The molecule has 14 aromatic rings. The van der Waals surface area contributed by atoms with E-state index in [0.29, 0.717) is 0 Å². The van der Waals surface area contributed by atoms with Gasteiger partial charge in [-0.25, -0.2) is 0 Å². The highest BCUT2D eigenvalue weighted by atomic mass is 15.0. The molecule has 0 saturated heterocycles. The minimum atomic E-state index is 1.15. The first-order valence-electron chi connectivity index (χ1n) is 23.7. The molecule has 0 spiro atoms. The van der Waals surface area contributed by atoms with Crippen LogP contribution < -0.4 is 0 Å². The first-order chi connectivity index (χ1) is 34.2. The van der Waals surface area contributed by atoms with Gasteiger partial charge in [0.25, 0.3) is 0 Å². The van der Waals surface area contributed by atoms with E-state index in [1.165, 1.54) is 110 Å². The molecular formula is C66H43N3. The molecule has 0 aliphatic rings. The smallest absolute Gasteiger partial charge is 0.0541 e. The summed E-state index contributed by atoms with van der Waals surface area (Å²) in [5, 5.41) is 7.57. The lowest BCUT2D eigenvalue weighted by Crippen LogP contribution is -1.93. The van der Waals surface area contributed by atoms with Gasteiger partial charge in [0.05, 0.1) is 33.1 Å². The van der Waals surface area contributed by atoms with E-state index in [0.717, 1.165) is 17.1 Å². The van der Waals surface area contributed by atoms with E-state index in [4.69, 9.17) is 0 Å². The number of rotatable bonds is 7. The van der Waals surface area contributed by atoms with Crippen LogP contribution in [0.4, 0.5) is 0 Å². The lowest BCUT2D eigenvalue weighted by atomic mass is 9.97. The number of aromatic nitrogens is 3. The van der Waals surface area contributed by atoms with Crippen LogP contribution in [0.1, 0.15) is 0 Å². The van der Waals surface area contributed by atoms with E-state index >= 15 is 0 Å². The summed E-state index contributed by atoms with van der Waals surface area (Å²) in [7, 11) is 0. The molecule has 0 fully saturated rings. The second-order valence-corrected chi connectivity index (χ2v) is 18.1. The number of fused-ring (bicyclic) bond motifs is 9. The van der Waals surface area contributed by atoms with Crippen molar-refractivity contribution in [2.24, 2.45) is 0 Å². The maximum absolute atomic E-state index is 2.40. The van der Waals surface area contributed by atoms with Crippen molar-refractivity contribution in [1.29, 1.82) is 0 Å². The van der Waals surface area contributed by atoms with Gasteiger partial charge in [0, 0.05) is 49.4 Å². The molecule has 0 radical (unpaired) electrons. The fourth-order valence-corrected chi connectivity index (χ4v) is 11.0. The third-order valence-electron chi connectivity index (χ3n) is 14.3. The van der Waals surface area contributed by atoms with Crippen molar-refractivity contribution in [3.8, 4) is 61.6 Å². The molecule has 0 aliphatic heterocycles. The molecule has 0 amide bonds. The topological polar surface area (TPSA) is 14.8 Å². The van der Waals surface area contributed by atoms with Gasteiger partial charge in [-0.15, -0.1) is 0 Å². The largest absolute Gasteiger partial charge is 0.309 e. The zero-order valence-corrected chi connectivity index (χ0v) is 37.7. The first kappa shape index (κ1) is 39.0. The van der Waals surface area contributed by atoms with Crippen LogP contribution >= 0.6 is 0 Å². The van der Waals surface area contributed by atoms with Crippen LogP contribution in [-0.4, -0.2) is 13.7 Å². The third-order valence-corrected chi connectivity index (χ3v) is 14.3. The molecule has 0 saturated carbocycles. The summed E-state index contributed by atoms with van der Waals surface area (Å²) in [6.45, 7) is 0. The Bertz CT molecular complexity index is 3880. The van der Waals surface area contributed by atoms with Crippen molar-refractivity contribution in [2.75, 3.05) is 0 Å². The van der Waals surface area contributed by atoms with Gasteiger partial charge in [0.15, 0.2) is 0 Å². The van der Waals surface area contributed by atoms with Crippen molar-refractivity contribution >= 4 is 65.4 Å². The fourth-order valence-electron chi connectivity index (χ4n) is 11.0. The summed E-state index contributed by atoms with van der Waals surface area (Å²) in [4.78, 5) is 0. The number of hydrogen-bond donors (Lipinski definition) is 0. The minimum Gasteiger partial charge on any atom is -0.309 e. The van der Waals surface area contributed by atoms with Crippen LogP contribution in [0, 0.1) is 0 Å². The second-order valence-electron chi connectivity index (χ2n) is 18.1. The van der Waals surface area contributed by atoms with Gasteiger partial charge < -0.3 is 13.7 Å². The average Bonchev–Trinajstić information content (AvgIpc) is 4.07. The van der Waals surface area contributed by atoms with Crippen molar-refractivity contribution < 1.29 is 0 Å². The molecule has 11 aromatic carbocycles. The predicted octanol–water partition coefficient (Wildman–Crippen LogP) is 17.6. The van der Waals surface area contributed by atoms with Crippen LogP contribution in [0.15, 0.2) is 261 Å². The summed E-state index contributed by atoms with van der Waals surface area (Å²) < 4.78 is 7.14. The summed E-state index contributed by atoms with van der Waals surface area (Å²) in [6, 6.07) is 95.3. The van der Waals surface area contributed by atoms with Gasteiger partial charge in [-0.2, -0.15) is 0 Å². The summed E-state index contributed by atoms with van der Waals surface area (Å²) in [6.07, 6.45) is 0. The molecule has 0 unspecified atom stereocenters. The summed E-state index contributed by atoms with van der Waals surface area (Å²) >= 11 is 0. The van der Waals surface area contributed by atoms with Gasteiger partial charge in [-0.1, -0.05) is 176 Å². The highest BCUT2D eigenvalue weighted by Gasteiger charge is 2.17. The molecule has 0 N–H and O–H groups in total. The SMILES string of the molecule is c1ccc(-n2c3ccc(-c4ccc(-c5ccc(-n6c7ccccc7c7ccccc76)cc5)cc4)cc3c3cc(-c4ccc(-c5ccc(-n6c7ccccc7c7ccccc76)cc5)cc4)ccc32)cc1. The van der Waals surface area contributed by atoms with Gasteiger partial charge in [0.2, 0.25) is 0 Å². The first-order valence-corrected chi connectivity index (χ1v) is 23.7. The molecule has 3 heterocycles. The van der Waals surface area contributed by atoms with Crippen LogP contribution in [0.2, 0.25) is 0 Å². The van der Waals surface area contributed by atoms with Crippen LogP contribution in [-0.2, 0) is 0 Å². The van der Waals surface area contributed by atoms with Gasteiger partial charge in [-0.3, -0.25) is 0 Å². The predicted molar refractivity (Wildman–Crippen MR) is 291 cm³/mol. The molecule has 14 rings (SSSR count). The molecule has 3 heteroatoms. The molecule has 322 valence electrons. The van der Waals surface area contributed by atoms with Crippen molar-refractivity contribution in [3.63, 3.8) is 0 Å².